The van der Waals surface area contributed by atoms with Crippen molar-refractivity contribution in [2.75, 3.05) is 19.0 Å². The molecule has 1 aromatic heterocycles. The van der Waals surface area contributed by atoms with E-state index in [0.29, 0.717) is 5.69 Å². The first kappa shape index (κ1) is 15.3. The summed E-state index contributed by atoms with van der Waals surface area (Å²) in [5.74, 6) is -0.259. The van der Waals surface area contributed by atoms with Crippen molar-refractivity contribution in [3.05, 3.63) is 46.8 Å². The minimum Gasteiger partial charge on any atom is -0.378 e. The number of hydrogen-bond donors (Lipinski definition) is 2. The monoisotopic (exact) mass is 311 g/mol. The number of rotatable bonds is 4. The lowest BCUT2D eigenvalue weighted by molar-refractivity contribution is 0.0949. The van der Waals surface area contributed by atoms with E-state index in [-0.39, 0.29) is 5.91 Å². The van der Waals surface area contributed by atoms with Crippen LogP contribution in [0.1, 0.15) is 40.2 Å². The molecular weight excluding hydrogens is 290 g/mol. The number of hydrogen-bond acceptors (Lipinski definition) is 4. The van der Waals surface area contributed by atoms with Gasteiger partial charge in [0, 0.05) is 31.0 Å². The van der Waals surface area contributed by atoms with Crippen molar-refractivity contribution in [1.82, 2.24) is 15.6 Å². The molecule has 0 radical (unpaired) electrons. The molecular formula is C17H21N5O. The maximum atomic E-state index is 12.2. The molecule has 0 bridgehead atoms. The highest BCUT2D eigenvalue weighted by Gasteiger charge is 2.21. The zero-order valence-corrected chi connectivity index (χ0v) is 13.5. The molecule has 0 fully saturated rings. The Hall–Kier alpha value is -2.63. The number of benzene rings is 1. The molecule has 0 unspecified atom stereocenters. The predicted octanol–water partition coefficient (Wildman–Crippen LogP) is 2.12. The van der Waals surface area contributed by atoms with Crippen LogP contribution >= 0.6 is 0 Å². The van der Waals surface area contributed by atoms with E-state index in [1.54, 1.807) is 6.21 Å². The fourth-order valence-corrected chi connectivity index (χ4v) is 2.75. The summed E-state index contributed by atoms with van der Waals surface area (Å²) in [6.45, 7) is 0. The predicted molar refractivity (Wildman–Crippen MR) is 91.1 cm³/mol. The second kappa shape index (κ2) is 6.64. The van der Waals surface area contributed by atoms with Gasteiger partial charge in [-0.25, -0.2) is 5.43 Å². The topological polar surface area (TPSA) is 73.4 Å². The fourth-order valence-electron chi connectivity index (χ4n) is 2.75. The number of nitrogens with one attached hydrogen (secondary N) is 2. The average molecular weight is 311 g/mol. The van der Waals surface area contributed by atoms with Gasteiger partial charge in [0.15, 0.2) is 5.69 Å². The molecule has 0 saturated carbocycles. The lowest BCUT2D eigenvalue weighted by atomic mass is 9.96. The Kier molecular flexibility index (Phi) is 4.41. The molecule has 0 aliphatic heterocycles. The number of anilines is 1. The Morgan fingerprint density at radius 2 is 2.00 bits per heavy atom. The van der Waals surface area contributed by atoms with E-state index in [2.05, 4.69) is 20.7 Å². The van der Waals surface area contributed by atoms with Crippen LogP contribution in [0.25, 0.3) is 0 Å². The summed E-state index contributed by atoms with van der Waals surface area (Å²) in [5, 5.41) is 11.1. The Morgan fingerprint density at radius 1 is 1.26 bits per heavy atom. The minimum absolute atomic E-state index is 0.259. The van der Waals surface area contributed by atoms with Gasteiger partial charge in [-0.3, -0.25) is 9.89 Å². The van der Waals surface area contributed by atoms with Crippen LogP contribution in [0, 0.1) is 0 Å². The Morgan fingerprint density at radius 3 is 2.74 bits per heavy atom. The zero-order valence-electron chi connectivity index (χ0n) is 13.5. The quantitative estimate of drug-likeness (QED) is 0.671. The van der Waals surface area contributed by atoms with Crippen LogP contribution in [0.5, 0.6) is 0 Å². The van der Waals surface area contributed by atoms with Gasteiger partial charge in [0.25, 0.3) is 5.91 Å². The summed E-state index contributed by atoms with van der Waals surface area (Å²) < 4.78 is 0. The summed E-state index contributed by atoms with van der Waals surface area (Å²) in [6, 6.07) is 7.93. The molecule has 0 saturated heterocycles. The van der Waals surface area contributed by atoms with Gasteiger partial charge < -0.3 is 4.90 Å². The molecule has 23 heavy (non-hydrogen) atoms. The van der Waals surface area contributed by atoms with E-state index < -0.39 is 0 Å². The second-order valence-electron chi connectivity index (χ2n) is 5.92. The van der Waals surface area contributed by atoms with Crippen molar-refractivity contribution in [2.45, 2.75) is 25.7 Å². The van der Waals surface area contributed by atoms with E-state index >= 15 is 0 Å². The SMILES string of the molecule is CN(C)c1ccc(C=NNC(=O)c2n[nH]c3c2CCCC3)cc1. The molecule has 2 N–H and O–H groups in total. The van der Waals surface area contributed by atoms with Crippen molar-refractivity contribution in [2.24, 2.45) is 5.10 Å². The van der Waals surface area contributed by atoms with E-state index in [9.17, 15) is 4.79 Å². The molecule has 6 nitrogen and oxygen atoms in total. The van der Waals surface area contributed by atoms with Crippen LogP contribution in [0.3, 0.4) is 0 Å². The summed E-state index contributed by atoms with van der Waals surface area (Å²) in [6.07, 6.45) is 5.77. The van der Waals surface area contributed by atoms with Crippen LogP contribution in [0.15, 0.2) is 29.4 Å². The lowest BCUT2D eigenvalue weighted by Crippen LogP contribution is -2.20. The molecule has 0 spiro atoms. The number of aromatic amines is 1. The van der Waals surface area contributed by atoms with Crippen LogP contribution in [-0.4, -0.2) is 36.4 Å². The van der Waals surface area contributed by atoms with Gasteiger partial charge in [0.2, 0.25) is 0 Å². The normalized spacial score (nSPS) is 13.8. The van der Waals surface area contributed by atoms with Crippen LogP contribution in [0.4, 0.5) is 5.69 Å². The van der Waals surface area contributed by atoms with Crippen molar-refractivity contribution in [3.63, 3.8) is 0 Å². The first-order valence-corrected chi connectivity index (χ1v) is 7.82. The summed E-state index contributed by atoms with van der Waals surface area (Å²) in [4.78, 5) is 14.2. The van der Waals surface area contributed by atoms with Gasteiger partial charge in [-0.15, -0.1) is 0 Å². The summed E-state index contributed by atoms with van der Waals surface area (Å²) in [5.41, 5.74) is 7.21. The number of aryl methyl sites for hydroxylation is 1. The average Bonchev–Trinajstić information content (AvgIpc) is 2.99. The van der Waals surface area contributed by atoms with Gasteiger partial charge >= 0.3 is 0 Å². The van der Waals surface area contributed by atoms with E-state index in [0.717, 1.165) is 48.2 Å². The standard InChI is InChI=1S/C17H21N5O/c1-22(2)13-9-7-12(8-10-13)11-18-21-17(23)16-14-5-3-4-6-15(14)19-20-16/h7-11H,3-6H2,1-2H3,(H,19,20)(H,21,23). The molecule has 1 amide bonds. The number of carbonyl (C=O) groups excluding carboxylic acids is 1. The highest BCUT2D eigenvalue weighted by Crippen LogP contribution is 2.21. The molecule has 1 aromatic carbocycles. The third-order valence-corrected chi connectivity index (χ3v) is 4.06. The van der Waals surface area contributed by atoms with Crippen molar-refractivity contribution in [3.8, 4) is 0 Å². The second-order valence-corrected chi connectivity index (χ2v) is 5.92. The number of fused-ring (bicyclic) bond motifs is 1. The van der Waals surface area contributed by atoms with Crippen LogP contribution in [-0.2, 0) is 12.8 Å². The largest absolute Gasteiger partial charge is 0.378 e. The Labute approximate surface area is 135 Å². The third-order valence-electron chi connectivity index (χ3n) is 4.06. The molecule has 120 valence electrons. The molecule has 6 heteroatoms. The van der Waals surface area contributed by atoms with Gasteiger partial charge in [-0.1, -0.05) is 12.1 Å². The van der Waals surface area contributed by atoms with Crippen LogP contribution in [0.2, 0.25) is 0 Å². The van der Waals surface area contributed by atoms with Crippen molar-refractivity contribution < 1.29 is 4.79 Å². The molecule has 1 aliphatic rings. The molecule has 1 aliphatic carbocycles. The Balaban J connectivity index is 1.63. The van der Waals surface area contributed by atoms with Gasteiger partial charge in [0.05, 0.1) is 6.21 Å². The van der Waals surface area contributed by atoms with Crippen molar-refractivity contribution >= 4 is 17.8 Å². The maximum Gasteiger partial charge on any atom is 0.292 e. The van der Waals surface area contributed by atoms with Gasteiger partial charge in [-0.05, 0) is 43.4 Å². The number of aromatic nitrogens is 2. The minimum atomic E-state index is -0.259. The Bertz CT molecular complexity index is 715. The molecule has 1 heterocycles. The van der Waals surface area contributed by atoms with Crippen molar-refractivity contribution in [1.29, 1.82) is 0 Å². The molecule has 0 atom stereocenters. The highest BCUT2D eigenvalue weighted by molar-refractivity contribution is 5.94. The first-order chi connectivity index (χ1) is 11.1. The van der Waals surface area contributed by atoms with Gasteiger partial charge in [0.1, 0.15) is 0 Å². The summed E-state index contributed by atoms with van der Waals surface area (Å²) in [7, 11) is 3.99. The van der Waals surface area contributed by atoms with E-state index in [1.807, 2.05) is 43.3 Å². The number of carbonyl (C=O) groups is 1. The smallest absolute Gasteiger partial charge is 0.292 e. The maximum absolute atomic E-state index is 12.2. The highest BCUT2D eigenvalue weighted by atomic mass is 16.2. The third kappa shape index (κ3) is 3.41. The number of nitrogens with zero attached hydrogens (tertiary/aromatic N) is 3. The lowest BCUT2D eigenvalue weighted by Gasteiger charge is -2.11. The number of hydrazone groups is 1. The molecule has 2 aromatic rings. The van der Waals surface area contributed by atoms with Gasteiger partial charge in [-0.2, -0.15) is 10.2 Å². The fraction of sp³-hybridized carbons (Fsp3) is 0.353. The first-order valence-electron chi connectivity index (χ1n) is 7.82. The number of H-pyrrole nitrogens is 1. The van der Waals surface area contributed by atoms with E-state index in [4.69, 9.17) is 0 Å². The molecule has 3 rings (SSSR count). The number of amides is 1. The summed E-state index contributed by atoms with van der Waals surface area (Å²) >= 11 is 0. The van der Waals surface area contributed by atoms with E-state index in [1.165, 1.54) is 0 Å². The zero-order chi connectivity index (χ0) is 16.2. The van der Waals surface area contributed by atoms with Crippen LogP contribution < -0.4 is 10.3 Å².